The summed E-state index contributed by atoms with van der Waals surface area (Å²) in [6, 6.07) is 8.38. The van der Waals surface area contributed by atoms with Crippen LogP contribution in [0.5, 0.6) is 0 Å². The van der Waals surface area contributed by atoms with E-state index in [-0.39, 0.29) is 5.91 Å². The minimum absolute atomic E-state index is 0.213. The predicted octanol–water partition coefficient (Wildman–Crippen LogP) is 0.722. The highest BCUT2D eigenvalue weighted by molar-refractivity contribution is 6.39. The Morgan fingerprint density at radius 3 is 2.19 bits per heavy atom. The maximum atomic E-state index is 12.4. The molecule has 0 spiro atoms. The number of carbonyl (C=O) groups is 3. The number of benzene rings is 1. The maximum absolute atomic E-state index is 12.4. The highest BCUT2D eigenvalue weighted by Crippen LogP contribution is 2.16. The third-order valence-electron chi connectivity index (χ3n) is 4.04. The zero-order valence-corrected chi connectivity index (χ0v) is 14.9. The standard InChI is InChI=1S/C18H20N6O3/c1-13(25)21-14-4-2-5-15(12-14)22-16(26)17(27)23-8-10-24(11-9-23)18-19-6-3-7-20-18/h2-7,12H,8-11H2,1H3,(H,21,25)(H,22,26). The number of piperazine rings is 1. The molecule has 2 aromatic rings. The molecule has 2 N–H and O–H groups in total. The van der Waals surface area contributed by atoms with E-state index in [0.717, 1.165) is 0 Å². The molecule has 1 aromatic carbocycles. The summed E-state index contributed by atoms with van der Waals surface area (Å²) in [5.74, 6) is -0.897. The summed E-state index contributed by atoms with van der Waals surface area (Å²) in [6.45, 7) is 3.34. The van der Waals surface area contributed by atoms with Crippen LogP contribution in [0.25, 0.3) is 0 Å². The van der Waals surface area contributed by atoms with E-state index in [1.807, 2.05) is 4.90 Å². The molecule has 1 aliphatic heterocycles. The number of amides is 3. The SMILES string of the molecule is CC(=O)Nc1cccc(NC(=O)C(=O)N2CCN(c3ncccn3)CC2)c1. The number of rotatable bonds is 3. The molecule has 27 heavy (non-hydrogen) atoms. The second-order valence-electron chi connectivity index (χ2n) is 6.04. The molecule has 0 unspecified atom stereocenters. The van der Waals surface area contributed by atoms with Crippen molar-refractivity contribution < 1.29 is 14.4 Å². The summed E-state index contributed by atoms with van der Waals surface area (Å²) in [4.78, 5) is 47.7. The lowest BCUT2D eigenvalue weighted by atomic mass is 10.2. The molecule has 3 amide bonds. The normalized spacial score (nSPS) is 13.8. The van der Waals surface area contributed by atoms with E-state index in [9.17, 15) is 14.4 Å². The van der Waals surface area contributed by atoms with Crippen LogP contribution >= 0.6 is 0 Å². The molecule has 1 fully saturated rings. The minimum atomic E-state index is -0.709. The molecular weight excluding hydrogens is 348 g/mol. The average molecular weight is 368 g/mol. The first-order valence-electron chi connectivity index (χ1n) is 8.53. The first-order valence-corrected chi connectivity index (χ1v) is 8.53. The van der Waals surface area contributed by atoms with Gasteiger partial charge in [-0.05, 0) is 24.3 Å². The summed E-state index contributed by atoms with van der Waals surface area (Å²) < 4.78 is 0. The van der Waals surface area contributed by atoms with Crippen molar-refractivity contribution in [3.8, 4) is 0 Å². The van der Waals surface area contributed by atoms with Crippen LogP contribution in [0.2, 0.25) is 0 Å². The van der Waals surface area contributed by atoms with Crippen LogP contribution < -0.4 is 15.5 Å². The van der Waals surface area contributed by atoms with Crippen molar-refractivity contribution in [1.82, 2.24) is 14.9 Å². The monoisotopic (exact) mass is 368 g/mol. The van der Waals surface area contributed by atoms with Crippen LogP contribution in [-0.4, -0.2) is 58.8 Å². The van der Waals surface area contributed by atoms with E-state index in [0.29, 0.717) is 43.5 Å². The number of nitrogens with zero attached hydrogens (tertiary/aromatic N) is 4. The lowest BCUT2D eigenvalue weighted by molar-refractivity contribution is -0.143. The second-order valence-corrected chi connectivity index (χ2v) is 6.04. The Kier molecular flexibility index (Phi) is 5.60. The third kappa shape index (κ3) is 4.78. The Labute approximate surface area is 156 Å². The molecule has 1 saturated heterocycles. The lowest BCUT2D eigenvalue weighted by Gasteiger charge is -2.34. The molecule has 0 radical (unpaired) electrons. The largest absolute Gasteiger partial charge is 0.337 e. The van der Waals surface area contributed by atoms with Gasteiger partial charge < -0.3 is 20.4 Å². The number of hydrogen-bond acceptors (Lipinski definition) is 6. The van der Waals surface area contributed by atoms with Gasteiger partial charge in [-0.1, -0.05) is 6.07 Å². The van der Waals surface area contributed by atoms with Gasteiger partial charge in [-0.15, -0.1) is 0 Å². The van der Waals surface area contributed by atoms with Crippen LogP contribution in [0, 0.1) is 0 Å². The van der Waals surface area contributed by atoms with E-state index in [2.05, 4.69) is 20.6 Å². The molecular formula is C18H20N6O3. The first-order chi connectivity index (χ1) is 13.0. The summed E-state index contributed by atoms with van der Waals surface area (Å²) in [5, 5.41) is 5.20. The van der Waals surface area contributed by atoms with Gasteiger partial charge in [-0.25, -0.2) is 9.97 Å². The van der Waals surface area contributed by atoms with Crippen LogP contribution in [0.1, 0.15) is 6.92 Å². The van der Waals surface area contributed by atoms with Gasteiger partial charge in [0.1, 0.15) is 0 Å². The third-order valence-corrected chi connectivity index (χ3v) is 4.04. The van der Waals surface area contributed by atoms with Gasteiger partial charge in [0.25, 0.3) is 0 Å². The van der Waals surface area contributed by atoms with E-state index in [1.54, 1.807) is 42.7 Å². The van der Waals surface area contributed by atoms with Crippen molar-refractivity contribution >= 4 is 35.0 Å². The van der Waals surface area contributed by atoms with E-state index >= 15 is 0 Å². The summed E-state index contributed by atoms with van der Waals surface area (Å²) in [5.41, 5.74) is 0.986. The molecule has 9 heteroatoms. The molecule has 3 rings (SSSR count). The van der Waals surface area contributed by atoms with Crippen LogP contribution in [0.3, 0.4) is 0 Å². The molecule has 1 aromatic heterocycles. The number of nitrogens with one attached hydrogen (secondary N) is 2. The van der Waals surface area contributed by atoms with Crippen molar-refractivity contribution in [3.05, 3.63) is 42.7 Å². The zero-order valence-electron chi connectivity index (χ0n) is 14.9. The summed E-state index contributed by atoms with van der Waals surface area (Å²) in [7, 11) is 0. The zero-order chi connectivity index (χ0) is 19.2. The van der Waals surface area contributed by atoms with Gasteiger partial charge in [0.05, 0.1) is 0 Å². The topological polar surface area (TPSA) is 108 Å². The van der Waals surface area contributed by atoms with Gasteiger partial charge in [-0.2, -0.15) is 0 Å². The van der Waals surface area contributed by atoms with Gasteiger partial charge in [0.15, 0.2) is 0 Å². The summed E-state index contributed by atoms with van der Waals surface area (Å²) >= 11 is 0. The number of aromatic nitrogens is 2. The van der Waals surface area contributed by atoms with Crippen LogP contribution in [0.4, 0.5) is 17.3 Å². The Hall–Kier alpha value is -3.49. The van der Waals surface area contributed by atoms with Crippen molar-refractivity contribution in [3.63, 3.8) is 0 Å². The van der Waals surface area contributed by atoms with Gasteiger partial charge in [-0.3, -0.25) is 14.4 Å². The maximum Gasteiger partial charge on any atom is 0.313 e. The fraction of sp³-hybridized carbons (Fsp3) is 0.278. The minimum Gasteiger partial charge on any atom is -0.337 e. The molecule has 1 aliphatic rings. The van der Waals surface area contributed by atoms with Crippen molar-refractivity contribution in [2.75, 3.05) is 41.7 Å². The van der Waals surface area contributed by atoms with E-state index < -0.39 is 11.8 Å². The first kappa shape index (κ1) is 18.3. The predicted molar refractivity (Wildman–Crippen MR) is 100 cm³/mol. The molecule has 0 saturated carbocycles. The Balaban J connectivity index is 1.55. The van der Waals surface area contributed by atoms with Crippen molar-refractivity contribution in [1.29, 1.82) is 0 Å². The molecule has 9 nitrogen and oxygen atoms in total. The van der Waals surface area contributed by atoms with E-state index in [1.165, 1.54) is 11.8 Å². The van der Waals surface area contributed by atoms with Crippen molar-refractivity contribution in [2.45, 2.75) is 6.92 Å². The number of anilines is 3. The lowest BCUT2D eigenvalue weighted by Crippen LogP contribution is -2.52. The fourth-order valence-electron chi connectivity index (χ4n) is 2.77. The average Bonchev–Trinajstić information content (AvgIpc) is 2.68. The van der Waals surface area contributed by atoms with Crippen LogP contribution in [0.15, 0.2) is 42.7 Å². The highest BCUT2D eigenvalue weighted by Gasteiger charge is 2.26. The number of hydrogen-bond donors (Lipinski definition) is 2. The molecule has 0 atom stereocenters. The van der Waals surface area contributed by atoms with Gasteiger partial charge in [0, 0.05) is 56.9 Å². The molecule has 0 aliphatic carbocycles. The molecule has 140 valence electrons. The Bertz CT molecular complexity index is 834. The second kappa shape index (κ2) is 8.26. The highest BCUT2D eigenvalue weighted by atomic mass is 16.2. The number of carbonyl (C=O) groups excluding carboxylic acids is 3. The Morgan fingerprint density at radius 2 is 1.56 bits per heavy atom. The van der Waals surface area contributed by atoms with Gasteiger partial charge in [0.2, 0.25) is 11.9 Å². The van der Waals surface area contributed by atoms with Crippen LogP contribution in [-0.2, 0) is 14.4 Å². The quantitative estimate of drug-likeness (QED) is 0.773. The molecule has 2 heterocycles. The molecule has 0 bridgehead atoms. The van der Waals surface area contributed by atoms with E-state index in [4.69, 9.17) is 0 Å². The summed E-state index contributed by atoms with van der Waals surface area (Å²) in [6.07, 6.45) is 3.34. The smallest absolute Gasteiger partial charge is 0.313 e. The fourth-order valence-corrected chi connectivity index (χ4v) is 2.77. The van der Waals surface area contributed by atoms with Gasteiger partial charge >= 0.3 is 11.8 Å². The van der Waals surface area contributed by atoms with Crippen molar-refractivity contribution in [2.24, 2.45) is 0 Å². The Morgan fingerprint density at radius 1 is 0.926 bits per heavy atom.